The molecule has 0 spiro atoms. The van der Waals surface area contributed by atoms with Gasteiger partial charge in [-0.1, -0.05) is 31.1 Å². The maximum absolute atomic E-state index is 14.5. The largest absolute Gasteiger partial charge is 0.459 e. The Morgan fingerprint density at radius 1 is 0.959 bits per heavy atom. The van der Waals surface area contributed by atoms with E-state index in [1.165, 1.54) is 14.0 Å². The lowest BCUT2D eigenvalue weighted by molar-refractivity contribution is -0.318. The third kappa shape index (κ3) is 13.4. The Morgan fingerprint density at radius 3 is 2.27 bits per heavy atom. The van der Waals surface area contributed by atoms with Crippen LogP contribution in [0.25, 0.3) is 0 Å². The zero-order chi connectivity index (χ0) is 54.1. The molecule has 1 aromatic heterocycles. The van der Waals surface area contributed by atoms with Crippen molar-refractivity contribution in [3.05, 3.63) is 47.0 Å². The highest BCUT2D eigenvalue weighted by molar-refractivity contribution is 6.01. The lowest BCUT2D eigenvalue weighted by Gasteiger charge is -2.49. The molecule has 0 bridgehead atoms. The van der Waals surface area contributed by atoms with Crippen LogP contribution >= 0.6 is 0 Å². The van der Waals surface area contributed by atoms with E-state index >= 15 is 0 Å². The number of carbonyl (C=O) groups is 1. The van der Waals surface area contributed by atoms with Crippen LogP contribution in [0.2, 0.25) is 0 Å². The van der Waals surface area contributed by atoms with Crippen LogP contribution in [0.5, 0.6) is 0 Å². The fourth-order valence-corrected chi connectivity index (χ4v) is 11.3. The summed E-state index contributed by atoms with van der Waals surface area (Å²) in [5.41, 5.74) is -3.62. The van der Waals surface area contributed by atoms with Crippen molar-refractivity contribution in [3.8, 4) is 0 Å². The Labute approximate surface area is 427 Å². The maximum atomic E-state index is 14.5. The molecule has 3 saturated heterocycles. The van der Waals surface area contributed by atoms with Crippen LogP contribution in [-0.4, -0.2) is 193 Å². The first kappa shape index (κ1) is 58.9. The predicted octanol–water partition coefficient (Wildman–Crippen LogP) is 3.72. The molecule has 6 rings (SSSR count). The number of carbonyl (C=O) groups excluding carboxylic acids is 1. The van der Waals surface area contributed by atoms with Crippen molar-refractivity contribution < 1.29 is 76.8 Å². The molecule has 4 aliphatic heterocycles. The molecule has 22 heteroatoms. The number of hydrogen-bond donors (Lipinski definition) is 5. The van der Waals surface area contributed by atoms with Crippen molar-refractivity contribution in [1.82, 2.24) is 24.8 Å². The molecule has 1 aromatic carbocycles. The minimum Gasteiger partial charge on any atom is -0.459 e. The van der Waals surface area contributed by atoms with Gasteiger partial charge < -0.3 is 68.6 Å². The monoisotopic (exact) mass is 1040 g/mol. The Morgan fingerprint density at radius 2 is 1.63 bits per heavy atom. The fraction of sp³-hybridized carbons (Fsp3) is 0.804. The van der Waals surface area contributed by atoms with Crippen molar-refractivity contribution in [2.75, 3.05) is 34.3 Å². The van der Waals surface area contributed by atoms with E-state index in [-0.39, 0.29) is 49.4 Å². The lowest BCUT2D eigenvalue weighted by Crippen LogP contribution is -2.61. The fourth-order valence-electron chi connectivity index (χ4n) is 11.3. The smallest absolute Gasteiger partial charge is 0.311 e. The van der Waals surface area contributed by atoms with E-state index in [2.05, 4.69) is 15.5 Å². The van der Waals surface area contributed by atoms with E-state index < -0.39 is 132 Å². The van der Waals surface area contributed by atoms with Gasteiger partial charge in [-0.25, -0.2) is 17.9 Å². The second-order valence-corrected chi connectivity index (χ2v) is 22.1. The highest BCUT2D eigenvalue weighted by Crippen LogP contribution is 2.40. The number of aliphatic hydroxyl groups is 5. The molecule has 73 heavy (non-hydrogen) atoms. The number of aliphatic hydroxyl groups excluding tert-OH is 3. The first-order valence-corrected chi connectivity index (χ1v) is 25.6. The number of aromatic nitrogens is 3. The van der Waals surface area contributed by atoms with Gasteiger partial charge in [0, 0.05) is 69.2 Å². The van der Waals surface area contributed by atoms with Gasteiger partial charge in [-0.15, -0.1) is 5.10 Å². The highest BCUT2D eigenvalue weighted by Gasteiger charge is 2.53. The number of likely N-dealkylation sites (N-methyl/N-ethyl adjacent to an activating group) is 2. The lowest BCUT2D eigenvalue weighted by atomic mass is 9.77. The number of methoxy groups -OCH3 is 1. The van der Waals surface area contributed by atoms with Gasteiger partial charge in [0.15, 0.2) is 36.1 Å². The summed E-state index contributed by atoms with van der Waals surface area (Å²) in [5, 5.41) is 72.1. The topological polar surface area (TPSA) is 232 Å². The van der Waals surface area contributed by atoms with Gasteiger partial charge in [-0.05, 0) is 99.9 Å². The van der Waals surface area contributed by atoms with Crippen molar-refractivity contribution in [3.63, 3.8) is 0 Å². The Kier molecular flexibility index (Phi) is 19.3. The highest BCUT2D eigenvalue weighted by atomic mass is 19.2. The average Bonchev–Trinajstić information content (AvgIpc) is 4.00. The summed E-state index contributed by atoms with van der Waals surface area (Å²) >= 11 is 0. The summed E-state index contributed by atoms with van der Waals surface area (Å²) in [5.74, 6) is -7.12. The number of nitrogens with zero attached hydrogens (tertiary/aromatic N) is 6. The van der Waals surface area contributed by atoms with Crippen molar-refractivity contribution in [2.45, 2.75) is 211 Å². The van der Waals surface area contributed by atoms with Gasteiger partial charge in [0.05, 0.1) is 59.5 Å². The van der Waals surface area contributed by atoms with E-state index in [1.54, 1.807) is 59.3 Å². The number of ether oxygens (including phenoxy) is 6. The molecular weight excluding hydrogens is 962 g/mol. The Hall–Kier alpha value is -3.39. The van der Waals surface area contributed by atoms with E-state index in [1.807, 2.05) is 37.7 Å². The minimum absolute atomic E-state index is 0.0735. The van der Waals surface area contributed by atoms with Gasteiger partial charge >= 0.3 is 5.97 Å². The number of hydrogen-bond acceptors (Lipinski definition) is 18. The summed E-state index contributed by atoms with van der Waals surface area (Å²) in [6, 6.07) is 0.655. The number of esters is 1. The zero-order valence-electron chi connectivity index (χ0n) is 44.7. The third-order valence-corrected chi connectivity index (χ3v) is 15.9. The standard InChI is InChI=1S/C51H81F3N6O13/c1-14-39-51(10,66)44(62)30(6)59(12)23-26(2)21-49(8,65)46(28(4)43(29(5)47(64)70-39)71-40-22-50(9,67-13)45(63)31(7)69-40)72-48-42(61)38(17-27(3)68-48)58(11)16-15-33-24-60(57-55-33)25-34-20-37(56-73-34)32-18-35(52)41(54)36(53)19-32/h18-19,24,26-31,34,38-40,42-46,48,61-63,65-66H,14-17,20-23,25H2,1-13H3/t26-,27-,28+,29-,30-,31+,34?,38+,39-,40+,42-,43+,44-,45+,46-,48+,49-,50-,51-/m1/s1. The van der Waals surface area contributed by atoms with E-state index in [0.717, 1.165) is 12.1 Å². The number of benzene rings is 1. The van der Waals surface area contributed by atoms with E-state index in [4.69, 9.17) is 33.3 Å². The summed E-state index contributed by atoms with van der Waals surface area (Å²) in [6.07, 6.45) is -7.72. The van der Waals surface area contributed by atoms with E-state index in [0.29, 0.717) is 31.6 Å². The minimum atomic E-state index is -1.86. The third-order valence-electron chi connectivity index (χ3n) is 15.9. The van der Waals surface area contributed by atoms with Gasteiger partial charge in [0.1, 0.15) is 30.0 Å². The van der Waals surface area contributed by atoms with Crippen molar-refractivity contribution >= 4 is 11.7 Å². The summed E-state index contributed by atoms with van der Waals surface area (Å²) < 4.78 is 81.1. The van der Waals surface area contributed by atoms with Gasteiger partial charge in [-0.3, -0.25) is 4.79 Å². The van der Waals surface area contributed by atoms with Crippen LogP contribution in [-0.2, 0) is 51.0 Å². The molecule has 0 saturated carbocycles. The first-order chi connectivity index (χ1) is 34.1. The Bertz CT molecular complexity index is 2170. The molecule has 2 aromatic rings. The SMILES string of the molecule is CC[C@H]1OC(=O)[C@H](C)[C@@H](O[C@H]2C[C@@](C)(OC)[C@@H](O)[C@H](C)O2)[C@H](C)[C@@H](O[C@@H]2O[C@H](C)C[C@H](N(C)CCc3cn(CC4CC(c5cc(F)c(F)c(F)c5)=NO4)nn3)[C@H]2O)[C@](C)(O)C[C@@H](C)CN(C)[C@H](C)[C@@H](O)[C@]1(C)O. The number of halogens is 3. The number of cyclic esters (lactones) is 1. The summed E-state index contributed by atoms with van der Waals surface area (Å²) in [6.45, 7) is 18.3. The van der Waals surface area contributed by atoms with E-state index in [9.17, 15) is 43.5 Å². The molecule has 3 fully saturated rings. The van der Waals surface area contributed by atoms with Crippen LogP contribution in [0.4, 0.5) is 13.2 Å². The molecule has 414 valence electrons. The average molecular weight is 1040 g/mol. The van der Waals surface area contributed by atoms with Gasteiger partial charge in [0.25, 0.3) is 0 Å². The number of rotatable bonds is 13. The molecular formula is C51H81F3N6O13. The second kappa shape index (κ2) is 23.9. The molecule has 5 N–H and O–H groups in total. The molecule has 0 radical (unpaired) electrons. The second-order valence-electron chi connectivity index (χ2n) is 22.1. The summed E-state index contributed by atoms with van der Waals surface area (Å²) in [4.78, 5) is 23.8. The maximum Gasteiger partial charge on any atom is 0.311 e. The summed E-state index contributed by atoms with van der Waals surface area (Å²) in [7, 11) is 5.17. The Balaban J connectivity index is 1.22. The molecule has 0 amide bonds. The predicted molar refractivity (Wildman–Crippen MR) is 259 cm³/mol. The number of oxime groups is 1. The van der Waals surface area contributed by atoms with Crippen LogP contribution < -0.4 is 0 Å². The molecule has 4 aliphatic rings. The van der Waals surface area contributed by atoms with Crippen LogP contribution in [0.15, 0.2) is 23.5 Å². The van der Waals surface area contributed by atoms with Gasteiger partial charge in [-0.2, -0.15) is 0 Å². The molecule has 1 unspecified atom stereocenters. The van der Waals surface area contributed by atoms with Crippen molar-refractivity contribution in [1.29, 1.82) is 0 Å². The van der Waals surface area contributed by atoms with Crippen LogP contribution in [0.3, 0.4) is 0 Å². The normalized spacial score (nSPS) is 40.7. The quantitative estimate of drug-likeness (QED) is 0.142. The molecule has 0 aliphatic carbocycles. The van der Waals surface area contributed by atoms with Crippen LogP contribution in [0, 0.1) is 35.2 Å². The molecule has 19 atom stereocenters. The van der Waals surface area contributed by atoms with Gasteiger partial charge in [0.2, 0.25) is 0 Å². The van der Waals surface area contributed by atoms with Crippen molar-refractivity contribution in [2.24, 2.45) is 22.9 Å². The molecule has 5 heterocycles. The van der Waals surface area contributed by atoms with Crippen LogP contribution in [0.1, 0.15) is 113 Å². The molecule has 19 nitrogen and oxygen atoms in total. The zero-order valence-corrected chi connectivity index (χ0v) is 44.7. The first-order valence-electron chi connectivity index (χ1n) is 25.6.